The SMILES string of the molecule is Cc1ccccc1CC(CCl)Cc1ccc(Br)s1. The summed E-state index contributed by atoms with van der Waals surface area (Å²) in [6, 6.07) is 12.9. The molecule has 1 heterocycles. The molecule has 1 atom stereocenters. The van der Waals surface area contributed by atoms with E-state index in [1.54, 1.807) is 11.3 Å². The minimum atomic E-state index is 0.512. The van der Waals surface area contributed by atoms with Crippen molar-refractivity contribution in [2.45, 2.75) is 19.8 Å². The normalized spacial score (nSPS) is 12.6. The van der Waals surface area contributed by atoms with E-state index in [1.807, 2.05) is 0 Å². The standard InChI is InChI=1S/C15H16BrClS/c1-11-4-2-3-5-13(11)8-12(10-17)9-14-6-7-15(16)18-14/h2-7,12H,8-10H2,1H3. The molecule has 1 aromatic carbocycles. The smallest absolute Gasteiger partial charge is 0.0701 e. The molecule has 96 valence electrons. The molecule has 1 unspecified atom stereocenters. The van der Waals surface area contributed by atoms with E-state index in [1.165, 1.54) is 19.8 Å². The van der Waals surface area contributed by atoms with Gasteiger partial charge in [-0.05, 0) is 64.9 Å². The van der Waals surface area contributed by atoms with Crippen LogP contribution in [0.1, 0.15) is 16.0 Å². The van der Waals surface area contributed by atoms with Crippen LogP contribution in [0.4, 0.5) is 0 Å². The van der Waals surface area contributed by atoms with Gasteiger partial charge in [0.2, 0.25) is 0 Å². The van der Waals surface area contributed by atoms with Crippen LogP contribution in [0.2, 0.25) is 0 Å². The Balaban J connectivity index is 2.04. The molecule has 1 aromatic heterocycles. The highest BCUT2D eigenvalue weighted by Crippen LogP contribution is 2.26. The van der Waals surface area contributed by atoms with E-state index in [0.29, 0.717) is 11.8 Å². The lowest BCUT2D eigenvalue weighted by molar-refractivity contribution is 0.587. The van der Waals surface area contributed by atoms with Crippen molar-refractivity contribution in [1.82, 2.24) is 0 Å². The lowest BCUT2D eigenvalue weighted by Crippen LogP contribution is -2.10. The van der Waals surface area contributed by atoms with E-state index in [-0.39, 0.29) is 0 Å². The summed E-state index contributed by atoms with van der Waals surface area (Å²) in [5.74, 6) is 1.22. The largest absolute Gasteiger partial charge is 0.133 e. The zero-order chi connectivity index (χ0) is 13.0. The molecule has 0 N–H and O–H groups in total. The van der Waals surface area contributed by atoms with Gasteiger partial charge in [0.15, 0.2) is 0 Å². The lowest BCUT2D eigenvalue weighted by atomic mass is 9.94. The van der Waals surface area contributed by atoms with Gasteiger partial charge in [-0.15, -0.1) is 22.9 Å². The summed E-state index contributed by atoms with van der Waals surface area (Å²) in [4.78, 5) is 1.40. The number of hydrogen-bond donors (Lipinski definition) is 0. The second-order valence-corrected chi connectivity index (χ2v) is 7.42. The zero-order valence-electron chi connectivity index (χ0n) is 10.3. The topological polar surface area (TPSA) is 0 Å². The van der Waals surface area contributed by atoms with Crippen molar-refractivity contribution in [3.8, 4) is 0 Å². The molecule has 0 aliphatic carbocycles. The second kappa shape index (κ2) is 6.74. The van der Waals surface area contributed by atoms with Crippen molar-refractivity contribution < 1.29 is 0 Å². The maximum absolute atomic E-state index is 6.12. The van der Waals surface area contributed by atoms with Crippen LogP contribution >= 0.6 is 38.9 Å². The summed E-state index contributed by atoms with van der Waals surface area (Å²) in [5, 5.41) is 0. The molecule has 0 aliphatic rings. The fourth-order valence-electron chi connectivity index (χ4n) is 2.08. The number of alkyl halides is 1. The van der Waals surface area contributed by atoms with Gasteiger partial charge in [-0.1, -0.05) is 24.3 Å². The maximum Gasteiger partial charge on any atom is 0.0701 e. The molecule has 0 bridgehead atoms. The molecule has 0 saturated carbocycles. The van der Waals surface area contributed by atoms with Crippen LogP contribution in [0.15, 0.2) is 40.2 Å². The summed E-state index contributed by atoms with van der Waals surface area (Å²) < 4.78 is 1.20. The predicted octanol–water partition coefficient (Wildman–Crippen LogP) is 5.46. The van der Waals surface area contributed by atoms with Crippen molar-refractivity contribution in [2.75, 3.05) is 5.88 Å². The molecule has 0 aliphatic heterocycles. The Morgan fingerprint density at radius 1 is 1.17 bits per heavy atom. The van der Waals surface area contributed by atoms with Crippen LogP contribution in [-0.2, 0) is 12.8 Å². The van der Waals surface area contributed by atoms with Gasteiger partial charge in [-0.2, -0.15) is 0 Å². The summed E-state index contributed by atoms with van der Waals surface area (Å²) in [5.41, 5.74) is 2.78. The third kappa shape index (κ3) is 3.84. The minimum Gasteiger partial charge on any atom is -0.133 e. The van der Waals surface area contributed by atoms with Crippen molar-refractivity contribution >= 4 is 38.9 Å². The van der Waals surface area contributed by atoms with Gasteiger partial charge in [-0.3, -0.25) is 0 Å². The third-order valence-corrected chi connectivity index (χ3v) is 5.19. The first-order valence-corrected chi connectivity index (χ1v) is 8.18. The quantitative estimate of drug-likeness (QED) is 0.632. The van der Waals surface area contributed by atoms with Gasteiger partial charge in [0.25, 0.3) is 0 Å². The Morgan fingerprint density at radius 3 is 2.56 bits per heavy atom. The molecular formula is C15H16BrClS. The molecule has 0 fully saturated rings. The zero-order valence-corrected chi connectivity index (χ0v) is 13.5. The Labute approximate surface area is 126 Å². The first kappa shape index (κ1) is 14.1. The van der Waals surface area contributed by atoms with E-state index in [2.05, 4.69) is 59.3 Å². The summed E-state index contributed by atoms with van der Waals surface area (Å²) in [7, 11) is 0. The minimum absolute atomic E-state index is 0.512. The van der Waals surface area contributed by atoms with Crippen molar-refractivity contribution in [1.29, 1.82) is 0 Å². The van der Waals surface area contributed by atoms with Gasteiger partial charge in [0, 0.05) is 10.8 Å². The number of halogens is 2. The van der Waals surface area contributed by atoms with Gasteiger partial charge >= 0.3 is 0 Å². The Morgan fingerprint density at radius 2 is 1.94 bits per heavy atom. The van der Waals surface area contributed by atoms with Crippen LogP contribution < -0.4 is 0 Å². The highest BCUT2D eigenvalue weighted by atomic mass is 79.9. The molecule has 0 saturated heterocycles. The van der Waals surface area contributed by atoms with E-state index < -0.39 is 0 Å². The number of thiophene rings is 1. The monoisotopic (exact) mass is 342 g/mol. The molecule has 2 rings (SSSR count). The van der Waals surface area contributed by atoms with Crippen LogP contribution in [0, 0.1) is 12.8 Å². The van der Waals surface area contributed by atoms with Gasteiger partial charge in [0.1, 0.15) is 0 Å². The second-order valence-electron chi connectivity index (χ2n) is 4.56. The van der Waals surface area contributed by atoms with Gasteiger partial charge in [-0.25, -0.2) is 0 Å². The third-order valence-electron chi connectivity index (χ3n) is 3.11. The van der Waals surface area contributed by atoms with Gasteiger partial charge < -0.3 is 0 Å². The average molecular weight is 344 g/mol. The Kier molecular flexibility index (Phi) is 5.28. The van der Waals surface area contributed by atoms with Crippen LogP contribution in [-0.4, -0.2) is 5.88 Å². The molecule has 0 nitrogen and oxygen atoms in total. The van der Waals surface area contributed by atoms with E-state index in [0.717, 1.165) is 12.8 Å². The number of aryl methyl sites for hydroxylation is 1. The molecule has 2 aromatic rings. The number of rotatable bonds is 5. The van der Waals surface area contributed by atoms with E-state index in [9.17, 15) is 0 Å². The molecule has 0 spiro atoms. The molecule has 18 heavy (non-hydrogen) atoms. The maximum atomic E-state index is 6.12. The lowest BCUT2D eigenvalue weighted by Gasteiger charge is -2.14. The summed E-state index contributed by atoms with van der Waals surface area (Å²) in [6.07, 6.45) is 2.12. The molecule has 0 amide bonds. The summed E-state index contributed by atoms with van der Waals surface area (Å²) in [6.45, 7) is 2.17. The Bertz CT molecular complexity index is 507. The number of hydrogen-bond acceptors (Lipinski definition) is 1. The predicted molar refractivity (Wildman–Crippen MR) is 84.8 cm³/mol. The van der Waals surface area contributed by atoms with Crippen molar-refractivity contribution in [3.63, 3.8) is 0 Å². The van der Waals surface area contributed by atoms with Crippen LogP contribution in [0.5, 0.6) is 0 Å². The molecule has 3 heteroatoms. The average Bonchev–Trinajstić information content (AvgIpc) is 2.76. The first-order valence-electron chi connectivity index (χ1n) is 6.03. The van der Waals surface area contributed by atoms with Crippen molar-refractivity contribution in [3.05, 3.63) is 56.2 Å². The van der Waals surface area contributed by atoms with Crippen LogP contribution in [0.3, 0.4) is 0 Å². The summed E-state index contributed by atoms with van der Waals surface area (Å²) >= 11 is 11.4. The van der Waals surface area contributed by atoms with E-state index in [4.69, 9.17) is 11.6 Å². The Hall–Kier alpha value is -0.310. The highest BCUT2D eigenvalue weighted by molar-refractivity contribution is 9.11. The first-order chi connectivity index (χ1) is 8.69. The van der Waals surface area contributed by atoms with Crippen molar-refractivity contribution in [2.24, 2.45) is 5.92 Å². The molecular weight excluding hydrogens is 328 g/mol. The van der Waals surface area contributed by atoms with Gasteiger partial charge in [0.05, 0.1) is 3.79 Å². The highest BCUT2D eigenvalue weighted by Gasteiger charge is 2.12. The fourth-order valence-corrected chi connectivity index (χ4v) is 3.89. The molecule has 0 radical (unpaired) electrons. The van der Waals surface area contributed by atoms with E-state index >= 15 is 0 Å². The fraction of sp³-hybridized carbons (Fsp3) is 0.333. The van der Waals surface area contributed by atoms with Crippen LogP contribution in [0.25, 0.3) is 0 Å². The number of benzene rings is 1.